The number of carbonyl (C=O) groups excluding carboxylic acids is 2. The van der Waals surface area contributed by atoms with Crippen molar-refractivity contribution in [3.63, 3.8) is 0 Å². The fourth-order valence-corrected chi connectivity index (χ4v) is 3.51. The summed E-state index contributed by atoms with van der Waals surface area (Å²) in [6.45, 7) is 0.572. The number of hydrogen-bond acceptors (Lipinski definition) is 4. The largest absolute Gasteiger partial charge is 0.399 e. The van der Waals surface area contributed by atoms with Gasteiger partial charge in [0.2, 0.25) is 5.91 Å². The number of nitrogens with two attached hydrogens (primary N) is 1. The minimum absolute atomic E-state index is 0.0236. The lowest BCUT2D eigenvalue weighted by atomic mass is 10.1. The van der Waals surface area contributed by atoms with Gasteiger partial charge in [0.15, 0.2) is 0 Å². The first kappa shape index (κ1) is 13.9. The second-order valence-electron chi connectivity index (χ2n) is 5.39. The van der Waals surface area contributed by atoms with E-state index in [1.807, 2.05) is 24.3 Å². The molecule has 6 heteroatoms. The fourth-order valence-electron chi connectivity index (χ4n) is 2.56. The molecule has 0 radical (unpaired) electrons. The van der Waals surface area contributed by atoms with Crippen LogP contribution >= 0.6 is 11.3 Å². The maximum atomic E-state index is 12.3. The molecule has 0 spiro atoms. The van der Waals surface area contributed by atoms with E-state index in [-0.39, 0.29) is 17.9 Å². The van der Waals surface area contributed by atoms with Gasteiger partial charge in [-0.05, 0) is 36.1 Å². The lowest BCUT2D eigenvalue weighted by Gasteiger charge is -2.29. The van der Waals surface area contributed by atoms with Gasteiger partial charge in [-0.1, -0.05) is 0 Å². The number of hydrogen-bond donors (Lipinski definition) is 2. The van der Waals surface area contributed by atoms with Crippen LogP contribution in [0.5, 0.6) is 0 Å². The molecule has 2 heterocycles. The molecule has 1 unspecified atom stereocenters. The Kier molecular flexibility index (Phi) is 3.55. The van der Waals surface area contributed by atoms with Gasteiger partial charge in [-0.2, -0.15) is 0 Å². The van der Waals surface area contributed by atoms with Gasteiger partial charge in [-0.3, -0.25) is 9.59 Å². The highest BCUT2D eigenvalue weighted by Gasteiger charge is 2.24. The number of anilines is 1. The SMILES string of the molecule is CN1CC(NC(=O)c2cc3cc(N)ccc3s2)CCC1=O. The van der Waals surface area contributed by atoms with Crippen molar-refractivity contribution in [1.29, 1.82) is 0 Å². The highest BCUT2D eigenvalue weighted by atomic mass is 32.1. The predicted octanol–water partition coefficient (Wildman–Crippen LogP) is 1.83. The van der Waals surface area contributed by atoms with Gasteiger partial charge < -0.3 is 16.0 Å². The Hall–Kier alpha value is -2.08. The molecule has 3 rings (SSSR count). The standard InChI is InChI=1S/C15H17N3O2S/c1-18-8-11(3-5-14(18)19)17-15(20)13-7-9-6-10(16)2-4-12(9)21-13/h2,4,6-7,11H,3,5,8,16H2,1H3,(H,17,20). The molecular weight excluding hydrogens is 286 g/mol. The fraction of sp³-hybridized carbons (Fsp3) is 0.333. The van der Waals surface area contributed by atoms with Crippen LogP contribution in [0.4, 0.5) is 5.69 Å². The zero-order chi connectivity index (χ0) is 15.0. The Morgan fingerprint density at radius 2 is 2.24 bits per heavy atom. The van der Waals surface area contributed by atoms with E-state index in [1.165, 1.54) is 11.3 Å². The van der Waals surface area contributed by atoms with Crippen LogP contribution in [0, 0.1) is 0 Å². The topological polar surface area (TPSA) is 75.4 Å². The van der Waals surface area contributed by atoms with Gasteiger partial charge in [-0.25, -0.2) is 0 Å². The molecule has 0 bridgehead atoms. The average molecular weight is 303 g/mol. The molecule has 110 valence electrons. The molecular formula is C15H17N3O2S. The highest BCUT2D eigenvalue weighted by Crippen LogP contribution is 2.27. The maximum Gasteiger partial charge on any atom is 0.261 e. The monoisotopic (exact) mass is 303 g/mol. The van der Waals surface area contributed by atoms with Crippen LogP contribution in [-0.4, -0.2) is 36.3 Å². The van der Waals surface area contributed by atoms with Gasteiger partial charge in [0.25, 0.3) is 5.91 Å². The van der Waals surface area contributed by atoms with Crippen molar-refractivity contribution in [2.24, 2.45) is 0 Å². The summed E-state index contributed by atoms with van der Waals surface area (Å²) >= 11 is 1.46. The molecule has 1 aromatic carbocycles. The summed E-state index contributed by atoms with van der Waals surface area (Å²) in [5.74, 6) is 0.0559. The summed E-state index contributed by atoms with van der Waals surface area (Å²) in [5, 5.41) is 4.00. The molecule has 21 heavy (non-hydrogen) atoms. The van der Waals surface area contributed by atoms with E-state index in [0.717, 1.165) is 10.1 Å². The third-order valence-electron chi connectivity index (χ3n) is 3.73. The van der Waals surface area contributed by atoms with E-state index in [4.69, 9.17) is 5.73 Å². The number of piperidine rings is 1. The van der Waals surface area contributed by atoms with Crippen LogP contribution < -0.4 is 11.1 Å². The lowest BCUT2D eigenvalue weighted by molar-refractivity contribution is -0.132. The molecule has 2 amide bonds. The number of nitrogens with one attached hydrogen (secondary N) is 1. The molecule has 5 nitrogen and oxygen atoms in total. The molecule has 0 aliphatic carbocycles. The van der Waals surface area contributed by atoms with Gasteiger partial charge >= 0.3 is 0 Å². The number of nitrogen functional groups attached to an aromatic ring is 1. The molecule has 1 atom stereocenters. The van der Waals surface area contributed by atoms with E-state index < -0.39 is 0 Å². The number of carbonyl (C=O) groups is 2. The zero-order valence-corrected chi connectivity index (χ0v) is 12.6. The van der Waals surface area contributed by atoms with Gasteiger partial charge in [-0.15, -0.1) is 11.3 Å². The Balaban J connectivity index is 1.73. The average Bonchev–Trinajstić information content (AvgIpc) is 2.86. The number of amides is 2. The van der Waals surface area contributed by atoms with Crippen LogP contribution in [-0.2, 0) is 4.79 Å². The summed E-state index contributed by atoms with van der Waals surface area (Å²) in [6.07, 6.45) is 1.19. The van der Waals surface area contributed by atoms with Gasteiger partial charge in [0.05, 0.1) is 4.88 Å². The first-order valence-electron chi connectivity index (χ1n) is 6.87. The molecule has 1 saturated heterocycles. The third-order valence-corrected chi connectivity index (χ3v) is 4.84. The van der Waals surface area contributed by atoms with Crippen LogP contribution in [0.2, 0.25) is 0 Å². The number of nitrogens with zero attached hydrogens (tertiary/aromatic N) is 1. The number of fused-ring (bicyclic) bond motifs is 1. The quantitative estimate of drug-likeness (QED) is 0.831. The summed E-state index contributed by atoms with van der Waals surface area (Å²) in [5.41, 5.74) is 6.45. The zero-order valence-electron chi connectivity index (χ0n) is 11.8. The predicted molar refractivity (Wildman–Crippen MR) is 84.4 cm³/mol. The Bertz CT molecular complexity index is 710. The third kappa shape index (κ3) is 2.85. The van der Waals surface area contributed by atoms with Crippen molar-refractivity contribution in [3.05, 3.63) is 29.1 Å². The van der Waals surface area contributed by atoms with E-state index in [1.54, 1.807) is 11.9 Å². The summed E-state index contributed by atoms with van der Waals surface area (Å²) in [6, 6.07) is 7.52. The normalized spacial score (nSPS) is 19.0. The number of rotatable bonds is 2. The van der Waals surface area contributed by atoms with E-state index >= 15 is 0 Å². The van der Waals surface area contributed by atoms with Gasteiger partial charge in [0.1, 0.15) is 0 Å². The minimum atomic E-state index is -0.0810. The Labute approximate surface area is 126 Å². The van der Waals surface area contributed by atoms with E-state index in [9.17, 15) is 9.59 Å². The van der Waals surface area contributed by atoms with Gasteiger partial charge in [0, 0.05) is 36.4 Å². The lowest BCUT2D eigenvalue weighted by Crippen LogP contribution is -2.48. The van der Waals surface area contributed by atoms with Crippen molar-refractivity contribution in [1.82, 2.24) is 10.2 Å². The van der Waals surface area contributed by atoms with Crippen LogP contribution in [0.1, 0.15) is 22.5 Å². The molecule has 0 saturated carbocycles. The molecule has 3 N–H and O–H groups in total. The van der Waals surface area contributed by atoms with Crippen LogP contribution in [0.25, 0.3) is 10.1 Å². The number of thiophene rings is 1. The second kappa shape index (κ2) is 5.37. The van der Waals surface area contributed by atoms with Crippen molar-refractivity contribution < 1.29 is 9.59 Å². The smallest absolute Gasteiger partial charge is 0.261 e. The second-order valence-corrected chi connectivity index (χ2v) is 6.48. The van der Waals surface area contributed by atoms with Crippen molar-refractivity contribution in [2.75, 3.05) is 19.3 Å². The molecule has 2 aromatic rings. The molecule has 1 aliphatic heterocycles. The van der Waals surface area contributed by atoms with Crippen LogP contribution in [0.15, 0.2) is 24.3 Å². The summed E-state index contributed by atoms with van der Waals surface area (Å²) in [4.78, 5) is 26.1. The maximum absolute atomic E-state index is 12.3. The minimum Gasteiger partial charge on any atom is -0.399 e. The van der Waals surface area contributed by atoms with Crippen molar-refractivity contribution >= 4 is 38.9 Å². The highest BCUT2D eigenvalue weighted by molar-refractivity contribution is 7.20. The first-order valence-corrected chi connectivity index (χ1v) is 7.68. The summed E-state index contributed by atoms with van der Waals surface area (Å²) < 4.78 is 1.05. The number of likely N-dealkylation sites (N-methyl/N-ethyl adjacent to an activating group) is 1. The van der Waals surface area contributed by atoms with E-state index in [0.29, 0.717) is 30.0 Å². The van der Waals surface area contributed by atoms with Crippen molar-refractivity contribution in [2.45, 2.75) is 18.9 Å². The molecule has 1 aliphatic rings. The molecule has 1 aromatic heterocycles. The number of likely N-dealkylation sites (tertiary alicyclic amines) is 1. The summed E-state index contributed by atoms with van der Waals surface area (Å²) in [7, 11) is 1.77. The number of benzene rings is 1. The Morgan fingerprint density at radius 3 is 3.00 bits per heavy atom. The molecule has 1 fully saturated rings. The van der Waals surface area contributed by atoms with Crippen LogP contribution in [0.3, 0.4) is 0 Å². The van der Waals surface area contributed by atoms with Crippen molar-refractivity contribution in [3.8, 4) is 0 Å². The Morgan fingerprint density at radius 1 is 1.43 bits per heavy atom. The van der Waals surface area contributed by atoms with E-state index in [2.05, 4.69) is 5.32 Å². The first-order chi connectivity index (χ1) is 10.0.